The lowest BCUT2D eigenvalue weighted by Gasteiger charge is -2.28. The smallest absolute Gasteiger partial charge is 0.0541 e. The summed E-state index contributed by atoms with van der Waals surface area (Å²) in [5.41, 5.74) is 14.6. The van der Waals surface area contributed by atoms with E-state index in [1.807, 2.05) is 0 Å². The summed E-state index contributed by atoms with van der Waals surface area (Å²) in [5.74, 6) is 0. The summed E-state index contributed by atoms with van der Waals surface area (Å²) in [6, 6.07) is 76.2. The van der Waals surface area contributed by atoms with E-state index in [2.05, 4.69) is 230 Å². The highest BCUT2D eigenvalue weighted by Crippen LogP contribution is 2.52. The lowest BCUT2D eigenvalue weighted by atomic mass is 9.82. The summed E-state index contributed by atoms with van der Waals surface area (Å²) in [5, 5.41) is 10.1. The van der Waals surface area contributed by atoms with Crippen molar-refractivity contribution >= 4 is 71.2 Å². The van der Waals surface area contributed by atoms with Gasteiger partial charge in [-0.3, -0.25) is 0 Å². The average Bonchev–Trinajstić information content (AvgIpc) is 3.74. The summed E-state index contributed by atoms with van der Waals surface area (Å²) in [6.07, 6.45) is 0. The Hall–Kier alpha value is -7.42. The van der Waals surface area contributed by atoms with E-state index >= 15 is 0 Å². The fourth-order valence-corrected chi connectivity index (χ4v) is 10.0. The number of para-hydroxylation sites is 2. The molecule has 2 heteroatoms. The minimum atomic E-state index is -0.217. The molecule has 0 amide bonds. The number of anilines is 3. The van der Waals surface area contributed by atoms with Crippen LogP contribution in [0.2, 0.25) is 0 Å². The summed E-state index contributed by atoms with van der Waals surface area (Å²) in [7, 11) is 0. The normalized spacial score (nSPS) is 13.1. The Bertz CT molecular complexity index is 3420. The minimum Gasteiger partial charge on any atom is -0.310 e. The van der Waals surface area contributed by atoms with Crippen LogP contribution in [0.5, 0.6) is 0 Å². The third-order valence-corrected chi connectivity index (χ3v) is 12.9. The summed E-state index contributed by atoms with van der Waals surface area (Å²) < 4.78 is 2.43. The van der Waals surface area contributed by atoms with Gasteiger partial charge in [-0.05, 0) is 132 Å². The number of hydrogen-bond donors (Lipinski definition) is 0. The van der Waals surface area contributed by atoms with E-state index in [0.717, 1.165) is 17.1 Å². The van der Waals surface area contributed by atoms with Crippen molar-refractivity contribution in [2.24, 2.45) is 0 Å². The van der Waals surface area contributed by atoms with E-state index in [9.17, 15) is 0 Å². The van der Waals surface area contributed by atoms with Crippen LogP contribution in [-0.2, 0) is 5.41 Å². The van der Waals surface area contributed by atoms with Gasteiger partial charge >= 0.3 is 0 Å². The molecule has 0 spiro atoms. The standard InChI is InChI=1S/C57H40N2/c1-57(2)53-35-43(29-31-48(53)49-32-30-44(36-54(49)57)59-55-21-11-9-19-50(55)51-20-10-12-22-56(51)59)58(42-28-23-37-13-3-4-14-39(37)33-42)41-26-24-38(25-27-41)52-34-40-15-5-6-16-45(40)46-17-7-8-18-47(46)52/h3-36H,1-2H3. The van der Waals surface area contributed by atoms with Crippen LogP contribution < -0.4 is 4.90 Å². The van der Waals surface area contributed by atoms with Crippen LogP contribution in [0.3, 0.4) is 0 Å². The molecule has 12 rings (SSSR count). The van der Waals surface area contributed by atoms with Crippen LogP contribution in [0.1, 0.15) is 25.0 Å². The monoisotopic (exact) mass is 752 g/mol. The van der Waals surface area contributed by atoms with E-state index in [4.69, 9.17) is 0 Å². The summed E-state index contributed by atoms with van der Waals surface area (Å²) in [4.78, 5) is 2.43. The van der Waals surface area contributed by atoms with Gasteiger partial charge in [0, 0.05) is 38.9 Å². The molecule has 10 aromatic carbocycles. The molecular weight excluding hydrogens is 713 g/mol. The van der Waals surface area contributed by atoms with Gasteiger partial charge in [0.2, 0.25) is 0 Å². The maximum absolute atomic E-state index is 2.44. The van der Waals surface area contributed by atoms with Crippen molar-refractivity contribution in [3.8, 4) is 27.9 Å². The lowest BCUT2D eigenvalue weighted by Crippen LogP contribution is -2.17. The SMILES string of the molecule is CC1(C)c2cc(N(c3ccc(-c4cc5ccccc5c5ccccc45)cc3)c3ccc4ccccc4c3)ccc2-c2ccc(-n3c4ccccc4c4ccccc43)cc21. The topological polar surface area (TPSA) is 8.17 Å². The van der Waals surface area contributed by atoms with Crippen molar-refractivity contribution in [2.45, 2.75) is 19.3 Å². The van der Waals surface area contributed by atoms with Crippen molar-refractivity contribution < 1.29 is 0 Å². The second-order valence-corrected chi connectivity index (χ2v) is 16.6. The average molecular weight is 753 g/mol. The molecule has 0 saturated heterocycles. The molecule has 0 N–H and O–H groups in total. The molecule has 0 fully saturated rings. The van der Waals surface area contributed by atoms with Gasteiger partial charge in [0.05, 0.1) is 11.0 Å². The van der Waals surface area contributed by atoms with E-state index in [0.29, 0.717) is 0 Å². The predicted molar refractivity (Wildman–Crippen MR) is 251 cm³/mol. The molecule has 59 heavy (non-hydrogen) atoms. The predicted octanol–water partition coefficient (Wildman–Crippen LogP) is 15.7. The zero-order valence-corrected chi connectivity index (χ0v) is 33.0. The molecule has 11 aromatic rings. The maximum atomic E-state index is 2.44. The highest BCUT2D eigenvalue weighted by atomic mass is 15.1. The Morgan fingerprint density at radius 3 is 1.61 bits per heavy atom. The van der Waals surface area contributed by atoms with Crippen LogP contribution in [-0.4, -0.2) is 4.57 Å². The molecule has 0 aliphatic heterocycles. The largest absolute Gasteiger partial charge is 0.310 e. The van der Waals surface area contributed by atoms with Crippen molar-refractivity contribution in [1.82, 2.24) is 4.57 Å². The number of hydrogen-bond acceptors (Lipinski definition) is 1. The van der Waals surface area contributed by atoms with Gasteiger partial charge in [-0.15, -0.1) is 0 Å². The van der Waals surface area contributed by atoms with Crippen LogP contribution in [0.25, 0.3) is 82.1 Å². The van der Waals surface area contributed by atoms with Crippen LogP contribution in [0.4, 0.5) is 17.1 Å². The number of fused-ring (bicyclic) bond motifs is 10. The Morgan fingerprint density at radius 1 is 0.356 bits per heavy atom. The van der Waals surface area contributed by atoms with E-state index in [-0.39, 0.29) is 5.41 Å². The highest BCUT2D eigenvalue weighted by molar-refractivity contribution is 6.14. The van der Waals surface area contributed by atoms with Crippen LogP contribution in [0, 0.1) is 0 Å². The molecule has 1 heterocycles. The van der Waals surface area contributed by atoms with Gasteiger partial charge < -0.3 is 9.47 Å². The van der Waals surface area contributed by atoms with Crippen molar-refractivity contribution in [1.29, 1.82) is 0 Å². The molecule has 1 aromatic heterocycles. The van der Waals surface area contributed by atoms with Gasteiger partial charge in [0.15, 0.2) is 0 Å². The minimum absolute atomic E-state index is 0.217. The first kappa shape index (κ1) is 33.7. The molecule has 0 bridgehead atoms. The summed E-state index contributed by atoms with van der Waals surface area (Å²) >= 11 is 0. The first-order chi connectivity index (χ1) is 29.0. The first-order valence-corrected chi connectivity index (χ1v) is 20.6. The van der Waals surface area contributed by atoms with Crippen molar-refractivity contribution in [3.05, 3.63) is 217 Å². The zero-order chi connectivity index (χ0) is 39.2. The van der Waals surface area contributed by atoms with E-state index < -0.39 is 0 Å². The molecule has 278 valence electrons. The quantitative estimate of drug-likeness (QED) is 0.159. The van der Waals surface area contributed by atoms with E-state index in [1.165, 1.54) is 93.2 Å². The fourth-order valence-electron chi connectivity index (χ4n) is 10.0. The lowest BCUT2D eigenvalue weighted by molar-refractivity contribution is 0.660. The fraction of sp³-hybridized carbons (Fsp3) is 0.0526. The molecular formula is C57H40N2. The third-order valence-electron chi connectivity index (χ3n) is 12.9. The van der Waals surface area contributed by atoms with Gasteiger partial charge in [0.25, 0.3) is 0 Å². The molecule has 1 aliphatic carbocycles. The summed E-state index contributed by atoms with van der Waals surface area (Å²) in [6.45, 7) is 4.78. The number of aromatic nitrogens is 1. The first-order valence-electron chi connectivity index (χ1n) is 20.6. The van der Waals surface area contributed by atoms with Gasteiger partial charge in [-0.2, -0.15) is 0 Å². The van der Waals surface area contributed by atoms with Crippen LogP contribution in [0.15, 0.2) is 206 Å². The highest BCUT2D eigenvalue weighted by Gasteiger charge is 2.36. The molecule has 0 saturated carbocycles. The second-order valence-electron chi connectivity index (χ2n) is 16.6. The molecule has 0 radical (unpaired) electrons. The number of nitrogens with zero attached hydrogens (tertiary/aromatic N) is 2. The molecule has 1 aliphatic rings. The van der Waals surface area contributed by atoms with E-state index in [1.54, 1.807) is 0 Å². The van der Waals surface area contributed by atoms with Crippen molar-refractivity contribution in [2.75, 3.05) is 4.90 Å². The Morgan fingerprint density at radius 2 is 0.881 bits per heavy atom. The van der Waals surface area contributed by atoms with Gasteiger partial charge in [-0.1, -0.05) is 153 Å². The molecule has 2 nitrogen and oxygen atoms in total. The molecule has 0 unspecified atom stereocenters. The maximum Gasteiger partial charge on any atom is 0.0541 e. The second kappa shape index (κ2) is 12.8. The van der Waals surface area contributed by atoms with Crippen molar-refractivity contribution in [3.63, 3.8) is 0 Å². The Kier molecular flexibility index (Phi) is 7.31. The number of benzene rings is 10. The molecule has 0 atom stereocenters. The Balaban J connectivity index is 0.986. The third kappa shape index (κ3) is 5.13. The number of rotatable bonds is 5. The van der Waals surface area contributed by atoms with Gasteiger partial charge in [0.1, 0.15) is 0 Å². The van der Waals surface area contributed by atoms with Gasteiger partial charge in [-0.25, -0.2) is 0 Å². The Labute approximate surface area is 343 Å². The van der Waals surface area contributed by atoms with Crippen LogP contribution >= 0.6 is 0 Å². The zero-order valence-electron chi connectivity index (χ0n) is 33.0.